The predicted octanol–water partition coefficient (Wildman–Crippen LogP) is 4.94. The van der Waals surface area contributed by atoms with Gasteiger partial charge in [0.2, 0.25) is 0 Å². The van der Waals surface area contributed by atoms with Crippen LogP contribution in [0, 0.1) is 0 Å². The minimum absolute atomic E-state index is 1.28. The number of hydrogen-bond donors (Lipinski definition) is 0. The van der Waals surface area contributed by atoms with Gasteiger partial charge in [0, 0.05) is 0 Å². The van der Waals surface area contributed by atoms with E-state index in [0.29, 0.717) is 0 Å². The molecule has 0 spiro atoms. The number of allylic oxidation sites excluding steroid dienone is 2. The van der Waals surface area contributed by atoms with E-state index in [0.717, 1.165) is 0 Å². The summed E-state index contributed by atoms with van der Waals surface area (Å²) in [5.74, 6) is 0. The molecule has 0 N–H and O–H groups in total. The average Bonchev–Trinajstić information content (AvgIpc) is 2.41. The van der Waals surface area contributed by atoms with Crippen LogP contribution in [0.2, 0.25) is 0 Å². The van der Waals surface area contributed by atoms with Gasteiger partial charge in [-0.3, -0.25) is 0 Å². The summed E-state index contributed by atoms with van der Waals surface area (Å²) in [5, 5.41) is 0. The van der Waals surface area contributed by atoms with Gasteiger partial charge in [0.15, 0.2) is 0 Å². The molecule has 0 radical (unpaired) electrons. The van der Waals surface area contributed by atoms with Crippen molar-refractivity contribution in [3.05, 3.63) is 72.8 Å². The quantitative estimate of drug-likeness (QED) is 0.585. The topological polar surface area (TPSA) is 0 Å². The molecule has 0 aliphatic carbocycles. The molecule has 0 heteroatoms. The molecule has 0 saturated heterocycles. The molecule has 82 valence electrons. The molecule has 2 aromatic carbocycles. The predicted molar refractivity (Wildman–Crippen MR) is 72.4 cm³/mol. The molecule has 0 nitrogen and oxygen atoms in total. The van der Waals surface area contributed by atoms with E-state index in [1.807, 2.05) is 38.1 Å². The van der Waals surface area contributed by atoms with Crippen molar-refractivity contribution in [2.75, 3.05) is 0 Å². The molecule has 0 amide bonds. The van der Waals surface area contributed by atoms with Crippen molar-refractivity contribution in [2.45, 2.75) is 13.8 Å². The molecule has 0 bridgehead atoms. The fraction of sp³-hybridized carbons (Fsp3) is 0.125. The van der Waals surface area contributed by atoms with Crippen LogP contribution in [0.1, 0.15) is 13.8 Å². The molecule has 0 saturated carbocycles. The van der Waals surface area contributed by atoms with Gasteiger partial charge in [-0.1, -0.05) is 72.8 Å². The molecule has 16 heavy (non-hydrogen) atoms. The molecule has 0 atom stereocenters. The number of benzene rings is 2. The van der Waals surface area contributed by atoms with E-state index >= 15 is 0 Å². The van der Waals surface area contributed by atoms with Gasteiger partial charge in [0.05, 0.1) is 0 Å². The molecular weight excluding hydrogens is 192 g/mol. The first-order chi connectivity index (χ1) is 7.88. The fourth-order valence-electron chi connectivity index (χ4n) is 1.26. The Labute approximate surface area is 98.3 Å². The molecule has 0 unspecified atom stereocenters. The Bertz CT molecular complexity index is 357. The van der Waals surface area contributed by atoms with Crippen LogP contribution in [-0.4, -0.2) is 0 Å². The summed E-state index contributed by atoms with van der Waals surface area (Å²) in [6.45, 7) is 4.00. The van der Waals surface area contributed by atoms with Crippen molar-refractivity contribution in [3.8, 4) is 11.1 Å². The highest BCUT2D eigenvalue weighted by molar-refractivity contribution is 5.62. The largest absolute Gasteiger partial charge is 0.0919 e. The summed E-state index contributed by atoms with van der Waals surface area (Å²) in [5.41, 5.74) is 2.55. The number of hydrogen-bond acceptors (Lipinski definition) is 0. The smallest absolute Gasteiger partial charge is 0.0184 e. The first kappa shape index (κ1) is 12.3. The van der Waals surface area contributed by atoms with Gasteiger partial charge >= 0.3 is 0 Å². The van der Waals surface area contributed by atoms with Gasteiger partial charge in [0.1, 0.15) is 0 Å². The van der Waals surface area contributed by atoms with Crippen LogP contribution in [0.15, 0.2) is 72.8 Å². The highest BCUT2D eigenvalue weighted by atomic mass is 14.0. The first-order valence-corrected chi connectivity index (χ1v) is 5.56. The van der Waals surface area contributed by atoms with Gasteiger partial charge in [-0.2, -0.15) is 0 Å². The SMILES string of the molecule is CC=CC.c1ccc(-c2ccccc2)cc1. The second kappa shape index (κ2) is 7.47. The Hall–Kier alpha value is -1.82. The summed E-state index contributed by atoms with van der Waals surface area (Å²) >= 11 is 0. The lowest BCUT2D eigenvalue weighted by Gasteiger charge is -1.98. The Balaban J connectivity index is 0.000000280. The maximum atomic E-state index is 2.12. The van der Waals surface area contributed by atoms with E-state index < -0.39 is 0 Å². The standard InChI is InChI=1S/C12H10.C4H8/c1-3-7-11(8-4-1)12-9-5-2-6-10-12;1-3-4-2/h1-10H;3-4H,1-2H3. The van der Waals surface area contributed by atoms with Crippen molar-refractivity contribution in [1.82, 2.24) is 0 Å². The number of rotatable bonds is 1. The molecular formula is C16H18. The molecule has 0 fully saturated rings. The molecule has 0 aliphatic rings. The Morgan fingerprint density at radius 2 is 0.875 bits per heavy atom. The zero-order valence-electron chi connectivity index (χ0n) is 9.93. The summed E-state index contributed by atoms with van der Waals surface area (Å²) in [6.07, 6.45) is 4.00. The minimum atomic E-state index is 1.28. The maximum Gasteiger partial charge on any atom is -0.0184 e. The normalized spacial score (nSPS) is 9.62. The second-order valence-electron chi connectivity index (χ2n) is 3.40. The lowest BCUT2D eigenvalue weighted by molar-refractivity contribution is 1.62. The maximum absolute atomic E-state index is 2.12. The zero-order chi connectivity index (χ0) is 11.6. The third-order valence-electron chi connectivity index (χ3n) is 2.21. The molecule has 0 aliphatic heterocycles. The van der Waals surface area contributed by atoms with Gasteiger partial charge in [0.25, 0.3) is 0 Å². The van der Waals surface area contributed by atoms with Crippen LogP contribution in [-0.2, 0) is 0 Å². The van der Waals surface area contributed by atoms with Crippen LogP contribution in [0.25, 0.3) is 11.1 Å². The third kappa shape index (κ3) is 4.14. The average molecular weight is 210 g/mol. The van der Waals surface area contributed by atoms with E-state index in [-0.39, 0.29) is 0 Å². The van der Waals surface area contributed by atoms with E-state index in [4.69, 9.17) is 0 Å². The van der Waals surface area contributed by atoms with Gasteiger partial charge in [-0.15, -0.1) is 0 Å². The minimum Gasteiger partial charge on any atom is -0.0919 e. The highest BCUT2D eigenvalue weighted by Gasteiger charge is 1.91. The van der Waals surface area contributed by atoms with E-state index in [2.05, 4.69) is 48.5 Å². The van der Waals surface area contributed by atoms with Crippen molar-refractivity contribution < 1.29 is 0 Å². The molecule has 0 aromatic heterocycles. The van der Waals surface area contributed by atoms with Gasteiger partial charge in [-0.05, 0) is 25.0 Å². The monoisotopic (exact) mass is 210 g/mol. The fourth-order valence-corrected chi connectivity index (χ4v) is 1.26. The summed E-state index contributed by atoms with van der Waals surface area (Å²) in [7, 11) is 0. The summed E-state index contributed by atoms with van der Waals surface area (Å²) in [4.78, 5) is 0. The van der Waals surface area contributed by atoms with Crippen LogP contribution in [0.4, 0.5) is 0 Å². The van der Waals surface area contributed by atoms with E-state index in [1.54, 1.807) is 0 Å². The van der Waals surface area contributed by atoms with Crippen LogP contribution < -0.4 is 0 Å². The third-order valence-corrected chi connectivity index (χ3v) is 2.21. The van der Waals surface area contributed by atoms with Crippen LogP contribution >= 0.6 is 0 Å². The Kier molecular flexibility index (Phi) is 5.72. The van der Waals surface area contributed by atoms with Crippen LogP contribution in [0.5, 0.6) is 0 Å². The molecule has 2 aromatic rings. The lowest BCUT2D eigenvalue weighted by atomic mass is 10.1. The van der Waals surface area contributed by atoms with Crippen molar-refractivity contribution >= 4 is 0 Å². The van der Waals surface area contributed by atoms with Crippen molar-refractivity contribution in [3.63, 3.8) is 0 Å². The Morgan fingerprint density at radius 1 is 0.562 bits per heavy atom. The summed E-state index contributed by atoms with van der Waals surface area (Å²) in [6, 6.07) is 20.8. The van der Waals surface area contributed by atoms with Gasteiger partial charge < -0.3 is 0 Å². The molecule has 0 heterocycles. The van der Waals surface area contributed by atoms with E-state index in [1.165, 1.54) is 11.1 Å². The lowest BCUT2D eigenvalue weighted by Crippen LogP contribution is -1.73. The van der Waals surface area contributed by atoms with Gasteiger partial charge in [-0.25, -0.2) is 0 Å². The zero-order valence-corrected chi connectivity index (χ0v) is 9.93. The molecule has 2 rings (SSSR count). The summed E-state index contributed by atoms with van der Waals surface area (Å²) < 4.78 is 0. The van der Waals surface area contributed by atoms with E-state index in [9.17, 15) is 0 Å². The Morgan fingerprint density at radius 3 is 1.12 bits per heavy atom. The first-order valence-electron chi connectivity index (χ1n) is 5.56. The second-order valence-corrected chi connectivity index (χ2v) is 3.40. The highest BCUT2D eigenvalue weighted by Crippen LogP contribution is 2.17. The van der Waals surface area contributed by atoms with Crippen LogP contribution in [0.3, 0.4) is 0 Å². The van der Waals surface area contributed by atoms with Crippen molar-refractivity contribution in [2.24, 2.45) is 0 Å². The van der Waals surface area contributed by atoms with Crippen molar-refractivity contribution in [1.29, 1.82) is 0 Å².